The molecule has 0 saturated heterocycles. The molecular formula is C16H23BrN2O. The highest BCUT2D eigenvalue weighted by Crippen LogP contribution is 2.32. The second-order valence-corrected chi connectivity index (χ2v) is 6.91. The molecule has 1 aromatic rings. The summed E-state index contributed by atoms with van der Waals surface area (Å²) >= 11 is 3.53. The van der Waals surface area contributed by atoms with Crippen molar-refractivity contribution in [3.05, 3.63) is 34.3 Å². The summed E-state index contributed by atoms with van der Waals surface area (Å²) in [5.41, 5.74) is 7.01. The van der Waals surface area contributed by atoms with E-state index < -0.39 is 0 Å². The van der Waals surface area contributed by atoms with E-state index in [9.17, 15) is 4.79 Å². The minimum atomic E-state index is -0.379. The lowest BCUT2D eigenvalue weighted by Crippen LogP contribution is -2.53. The van der Waals surface area contributed by atoms with Gasteiger partial charge in [0.05, 0.1) is 12.0 Å². The van der Waals surface area contributed by atoms with Gasteiger partial charge in [0.2, 0.25) is 5.91 Å². The van der Waals surface area contributed by atoms with Crippen molar-refractivity contribution >= 4 is 21.8 Å². The van der Waals surface area contributed by atoms with Gasteiger partial charge in [-0.15, -0.1) is 0 Å². The quantitative estimate of drug-likeness (QED) is 0.885. The van der Waals surface area contributed by atoms with Gasteiger partial charge in [-0.3, -0.25) is 4.79 Å². The van der Waals surface area contributed by atoms with Crippen LogP contribution in [0.5, 0.6) is 0 Å². The summed E-state index contributed by atoms with van der Waals surface area (Å²) in [6, 6.07) is 7.95. The Morgan fingerprint density at radius 1 is 1.45 bits per heavy atom. The molecule has 110 valence electrons. The van der Waals surface area contributed by atoms with E-state index >= 15 is 0 Å². The molecule has 1 aliphatic rings. The third kappa shape index (κ3) is 3.41. The molecule has 1 fully saturated rings. The van der Waals surface area contributed by atoms with Gasteiger partial charge in [-0.05, 0) is 38.3 Å². The molecule has 1 amide bonds. The molecule has 20 heavy (non-hydrogen) atoms. The molecule has 0 radical (unpaired) electrons. The average Bonchev–Trinajstić information content (AvgIpc) is 2.38. The molecule has 0 heterocycles. The van der Waals surface area contributed by atoms with E-state index in [1.54, 1.807) is 0 Å². The van der Waals surface area contributed by atoms with E-state index in [2.05, 4.69) is 21.2 Å². The smallest absolute Gasteiger partial charge is 0.225 e. The van der Waals surface area contributed by atoms with Crippen LogP contribution in [0.15, 0.2) is 28.7 Å². The van der Waals surface area contributed by atoms with Crippen molar-refractivity contribution in [1.29, 1.82) is 0 Å². The number of carbonyl (C=O) groups excluding carboxylic acids is 1. The second kappa shape index (κ2) is 6.27. The summed E-state index contributed by atoms with van der Waals surface area (Å²) in [6.45, 7) is 4.01. The molecule has 2 rings (SSSR count). The molecule has 1 aliphatic carbocycles. The number of hydrogen-bond donors (Lipinski definition) is 2. The van der Waals surface area contributed by atoms with Crippen LogP contribution >= 0.6 is 15.9 Å². The maximum absolute atomic E-state index is 12.5. The zero-order valence-electron chi connectivity index (χ0n) is 12.2. The van der Waals surface area contributed by atoms with Crippen LogP contribution in [0.3, 0.4) is 0 Å². The number of nitrogens with one attached hydrogen (secondary N) is 1. The summed E-state index contributed by atoms with van der Waals surface area (Å²) < 4.78 is 1.02. The van der Waals surface area contributed by atoms with Crippen LogP contribution in [0.4, 0.5) is 0 Å². The maximum Gasteiger partial charge on any atom is 0.225 e. The number of nitrogens with two attached hydrogens (primary N) is 1. The molecule has 0 bridgehead atoms. The van der Waals surface area contributed by atoms with Gasteiger partial charge < -0.3 is 11.1 Å². The van der Waals surface area contributed by atoms with Gasteiger partial charge in [0, 0.05) is 10.0 Å². The average molecular weight is 339 g/mol. The molecule has 1 aromatic carbocycles. The number of halogens is 1. The Kier molecular flexibility index (Phi) is 4.86. The molecule has 3 N–H and O–H groups in total. The SMILES string of the molecule is CC(NC(=O)C1CCCCC1(C)N)c1ccccc1Br. The second-order valence-electron chi connectivity index (χ2n) is 6.06. The Hall–Kier alpha value is -0.870. The predicted molar refractivity (Wildman–Crippen MR) is 85.3 cm³/mol. The van der Waals surface area contributed by atoms with Crippen molar-refractivity contribution in [2.75, 3.05) is 0 Å². The van der Waals surface area contributed by atoms with Crippen LogP contribution in [0.1, 0.15) is 51.1 Å². The van der Waals surface area contributed by atoms with Crippen LogP contribution in [0.2, 0.25) is 0 Å². The molecular weight excluding hydrogens is 316 g/mol. The maximum atomic E-state index is 12.5. The van der Waals surface area contributed by atoms with E-state index in [1.807, 2.05) is 38.1 Å². The molecule has 4 heteroatoms. The lowest BCUT2D eigenvalue weighted by atomic mass is 9.74. The minimum Gasteiger partial charge on any atom is -0.349 e. The highest BCUT2D eigenvalue weighted by Gasteiger charge is 2.38. The van der Waals surface area contributed by atoms with Gasteiger partial charge in [-0.2, -0.15) is 0 Å². The van der Waals surface area contributed by atoms with Crippen molar-refractivity contribution in [3.8, 4) is 0 Å². The number of benzene rings is 1. The Bertz CT molecular complexity index is 487. The van der Waals surface area contributed by atoms with Gasteiger partial charge in [0.1, 0.15) is 0 Å². The first-order valence-corrected chi connectivity index (χ1v) is 8.05. The summed E-state index contributed by atoms with van der Waals surface area (Å²) in [5.74, 6) is -0.000796. The fraction of sp³-hybridized carbons (Fsp3) is 0.562. The number of amides is 1. The molecule has 3 nitrogen and oxygen atoms in total. The first-order chi connectivity index (χ1) is 9.42. The predicted octanol–water partition coefficient (Wildman–Crippen LogP) is 3.53. The van der Waals surface area contributed by atoms with Crippen LogP contribution < -0.4 is 11.1 Å². The Labute approximate surface area is 129 Å². The summed E-state index contributed by atoms with van der Waals surface area (Å²) in [5, 5.41) is 3.11. The Morgan fingerprint density at radius 3 is 2.80 bits per heavy atom. The zero-order chi connectivity index (χ0) is 14.8. The molecule has 0 spiro atoms. The molecule has 0 aliphatic heterocycles. The third-order valence-electron chi connectivity index (χ3n) is 4.30. The van der Waals surface area contributed by atoms with Crippen molar-refractivity contribution < 1.29 is 4.79 Å². The zero-order valence-corrected chi connectivity index (χ0v) is 13.7. The molecule has 3 atom stereocenters. The standard InChI is InChI=1S/C16H23BrN2O/c1-11(12-7-3-4-9-14(12)17)19-15(20)13-8-5-6-10-16(13,2)18/h3-4,7,9,11,13H,5-6,8,10,18H2,1-2H3,(H,19,20). The van der Waals surface area contributed by atoms with E-state index in [0.29, 0.717) is 0 Å². The topological polar surface area (TPSA) is 55.1 Å². The normalized spacial score (nSPS) is 27.9. The van der Waals surface area contributed by atoms with Crippen LogP contribution in [0.25, 0.3) is 0 Å². The first-order valence-electron chi connectivity index (χ1n) is 7.25. The third-order valence-corrected chi connectivity index (χ3v) is 5.02. The lowest BCUT2D eigenvalue weighted by Gasteiger charge is -2.37. The number of rotatable bonds is 3. The highest BCUT2D eigenvalue weighted by molar-refractivity contribution is 9.10. The minimum absolute atomic E-state index is 0.0178. The summed E-state index contributed by atoms with van der Waals surface area (Å²) in [4.78, 5) is 12.5. The van der Waals surface area contributed by atoms with Crippen LogP contribution in [-0.4, -0.2) is 11.4 Å². The van der Waals surface area contributed by atoms with E-state index in [0.717, 1.165) is 35.7 Å². The number of carbonyl (C=O) groups is 1. The summed E-state index contributed by atoms with van der Waals surface area (Å²) in [7, 11) is 0. The van der Waals surface area contributed by atoms with Crippen molar-refractivity contribution in [1.82, 2.24) is 5.32 Å². The van der Waals surface area contributed by atoms with Crippen molar-refractivity contribution in [2.24, 2.45) is 11.7 Å². The monoisotopic (exact) mass is 338 g/mol. The largest absolute Gasteiger partial charge is 0.349 e. The fourth-order valence-electron chi connectivity index (χ4n) is 3.01. The Balaban J connectivity index is 2.06. The van der Waals surface area contributed by atoms with Crippen molar-refractivity contribution in [2.45, 2.75) is 51.1 Å². The van der Waals surface area contributed by atoms with E-state index in [-0.39, 0.29) is 23.4 Å². The lowest BCUT2D eigenvalue weighted by molar-refractivity contribution is -0.128. The van der Waals surface area contributed by atoms with Gasteiger partial charge in [0.15, 0.2) is 0 Å². The molecule has 1 saturated carbocycles. The van der Waals surface area contributed by atoms with Gasteiger partial charge in [-0.25, -0.2) is 0 Å². The fourth-order valence-corrected chi connectivity index (χ4v) is 3.64. The number of hydrogen-bond acceptors (Lipinski definition) is 2. The first kappa shape index (κ1) is 15.5. The van der Waals surface area contributed by atoms with Gasteiger partial charge >= 0.3 is 0 Å². The van der Waals surface area contributed by atoms with Crippen LogP contribution in [0, 0.1) is 5.92 Å². The van der Waals surface area contributed by atoms with Crippen molar-refractivity contribution in [3.63, 3.8) is 0 Å². The van der Waals surface area contributed by atoms with Crippen LogP contribution in [-0.2, 0) is 4.79 Å². The van der Waals surface area contributed by atoms with E-state index in [1.165, 1.54) is 0 Å². The molecule has 3 unspecified atom stereocenters. The highest BCUT2D eigenvalue weighted by atomic mass is 79.9. The summed E-state index contributed by atoms with van der Waals surface area (Å²) in [6.07, 6.45) is 4.03. The molecule has 0 aromatic heterocycles. The van der Waals surface area contributed by atoms with Gasteiger partial charge in [0.25, 0.3) is 0 Å². The van der Waals surface area contributed by atoms with Gasteiger partial charge in [-0.1, -0.05) is 47.0 Å². The van der Waals surface area contributed by atoms with E-state index in [4.69, 9.17) is 5.73 Å². The Morgan fingerprint density at radius 2 is 2.15 bits per heavy atom.